The van der Waals surface area contributed by atoms with E-state index in [4.69, 9.17) is 0 Å². The van der Waals surface area contributed by atoms with Crippen LogP contribution in [0.1, 0.15) is 85.0 Å². The fourth-order valence-corrected chi connectivity index (χ4v) is 2.01. The molecular formula is C19H34. The zero-order valence-corrected chi connectivity index (χ0v) is 13.5. The molecule has 0 aromatic carbocycles. The largest absolute Gasteiger partial charge is 0.0887 e. The molecule has 110 valence electrons. The molecule has 0 aliphatic rings. The Labute approximate surface area is 121 Å². The number of allylic oxidation sites excluding steroid dienone is 6. The summed E-state index contributed by atoms with van der Waals surface area (Å²) in [5.74, 6) is 0. The number of unbranched alkanes of at least 4 members (excludes halogenated alkanes) is 6. The fourth-order valence-electron chi connectivity index (χ4n) is 2.01. The number of hydrogen-bond donors (Lipinski definition) is 0. The maximum absolute atomic E-state index is 2.35. The van der Waals surface area contributed by atoms with Gasteiger partial charge in [0.2, 0.25) is 0 Å². The molecule has 0 nitrogen and oxygen atoms in total. The maximum Gasteiger partial charge on any atom is -0.0169 e. The molecule has 0 bridgehead atoms. The molecule has 0 amide bonds. The molecule has 19 heavy (non-hydrogen) atoms. The molecule has 0 aliphatic heterocycles. The van der Waals surface area contributed by atoms with Gasteiger partial charge in [-0.05, 0) is 52.4 Å². The number of hydrogen-bond acceptors (Lipinski definition) is 0. The average molecular weight is 262 g/mol. The van der Waals surface area contributed by atoms with Crippen LogP contribution in [0.3, 0.4) is 0 Å². The van der Waals surface area contributed by atoms with Crippen molar-refractivity contribution in [3.8, 4) is 0 Å². The molecule has 0 heterocycles. The summed E-state index contributed by atoms with van der Waals surface area (Å²) in [6.07, 6.45) is 24.5. The van der Waals surface area contributed by atoms with Gasteiger partial charge < -0.3 is 0 Å². The van der Waals surface area contributed by atoms with Crippen molar-refractivity contribution in [1.29, 1.82) is 0 Å². The van der Waals surface area contributed by atoms with Crippen molar-refractivity contribution in [1.82, 2.24) is 0 Å². The first-order chi connectivity index (χ1) is 9.31. The Morgan fingerprint density at radius 3 is 2.11 bits per heavy atom. The smallest absolute Gasteiger partial charge is 0.0169 e. The molecule has 0 aliphatic carbocycles. The molecule has 0 aromatic heterocycles. The van der Waals surface area contributed by atoms with Gasteiger partial charge in [0.05, 0.1) is 0 Å². The van der Waals surface area contributed by atoms with Crippen LogP contribution in [0, 0.1) is 0 Å². The van der Waals surface area contributed by atoms with Gasteiger partial charge in [-0.2, -0.15) is 0 Å². The van der Waals surface area contributed by atoms with Crippen LogP contribution in [0.15, 0.2) is 36.0 Å². The van der Waals surface area contributed by atoms with E-state index in [0.717, 1.165) is 6.42 Å². The highest BCUT2D eigenvalue weighted by atomic mass is 14.0. The summed E-state index contributed by atoms with van der Waals surface area (Å²) in [6.45, 7) is 6.60. The minimum Gasteiger partial charge on any atom is -0.0887 e. The van der Waals surface area contributed by atoms with E-state index in [0.29, 0.717) is 0 Å². The van der Waals surface area contributed by atoms with Gasteiger partial charge in [-0.25, -0.2) is 0 Å². The summed E-state index contributed by atoms with van der Waals surface area (Å²) in [5, 5.41) is 0. The Kier molecular flexibility index (Phi) is 14.7. The van der Waals surface area contributed by atoms with Crippen LogP contribution in [0.5, 0.6) is 0 Å². The van der Waals surface area contributed by atoms with Crippen LogP contribution < -0.4 is 0 Å². The molecule has 0 spiro atoms. The van der Waals surface area contributed by atoms with Gasteiger partial charge in [-0.1, -0.05) is 68.6 Å². The van der Waals surface area contributed by atoms with Gasteiger partial charge in [-0.3, -0.25) is 0 Å². The summed E-state index contributed by atoms with van der Waals surface area (Å²) < 4.78 is 0. The third kappa shape index (κ3) is 15.2. The minimum absolute atomic E-state index is 1.11. The van der Waals surface area contributed by atoms with Crippen molar-refractivity contribution in [2.24, 2.45) is 0 Å². The highest BCUT2D eigenvalue weighted by Crippen LogP contribution is 2.11. The summed E-state index contributed by atoms with van der Waals surface area (Å²) >= 11 is 0. The Morgan fingerprint density at radius 1 is 0.789 bits per heavy atom. The molecule has 0 unspecified atom stereocenters. The highest BCUT2D eigenvalue weighted by Gasteiger charge is 1.91. The van der Waals surface area contributed by atoms with Crippen molar-refractivity contribution in [2.45, 2.75) is 85.0 Å². The van der Waals surface area contributed by atoms with E-state index in [-0.39, 0.29) is 0 Å². The van der Waals surface area contributed by atoms with Gasteiger partial charge in [-0.15, -0.1) is 0 Å². The third-order valence-electron chi connectivity index (χ3n) is 3.50. The lowest BCUT2D eigenvalue weighted by molar-refractivity contribution is 0.616. The lowest BCUT2D eigenvalue weighted by Gasteiger charge is -2.01. The molecule has 0 atom stereocenters. The molecule has 0 N–H and O–H groups in total. The van der Waals surface area contributed by atoms with E-state index >= 15 is 0 Å². The quantitative estimate of drug-likeness (QED) is 0.263. The second-order valence-corrected chi connectivity index (χ2v) is 5.41. The van der Waals surface area contributed by atoms with Gasteiger partial charge in [0, 0.05) is 0 Å². The summed E-state index contributed by atoms with van der Waals surface area (Å²) in [6, 6.07) is 0. The van der Waals surface area contributed by atoms with Gasteiger partial charge >= 0.3 is 0 Å². The predicted molar refractivity (Wildman–Crippen MR) is 89.6 cm³/mol. The van der Waals surface area contributed by atoms with Crippen LogP contribution in [-0.2, 0) is 0 Å². The summed E-state index contributed by atoms with van der Waals surface area (Å²) in [5.41, 5.74) is 1.54. The molecular weight excluding hydrogens is 228 g/mol. The SMILES string of the molecule is C/C=C(\C)CCCCCCC/C=C\C/C=C\CCC. The van der Waals surface area contributed by atoms with E-state index in [2.05, 4.69) is 51.2 Å². The normalized spacial score (nSPS) is 12.9. The van der Waals surface area contributed by atoms with Crippen molar-refractivity contribution in [3.63, 3.8) is 0 Å². The van der Waals surface area contributed by atoms with E-state index in [1.807, 2.05) is 0 Å². The molecule has 0 saturated heterocycles. The molecule has 0 aromatic rings. The molecule has 0 radical (unpaired) electrons. The van der Waals surface area contributed by atoms with E-state index < -0.39 is 0 Å². The zero-order chi connectivity index (χ0) is 14.2. The third-order valence-corrected chi connectivity index (χ3v) is 3.50. The van der Waals surface area contributed by atoms with Crippen molar-refractivity contribution in [2.75, 3.05) is 0 Å². The van der Waals surface area contributed by atoms with E-state index in [9.17, 15) is 0 Å². The fraction of sp³-hybridized carbons (Fsp3) is 0.684. The molecule has 0 saturated carbocycles. The number of rotatable bonds is 12. The van der Waals surface area contributed by atoms with E-state index in [1.54, 1.807) is 5.57 Å². The van der Waals surface area contributed by atoms with Crippen molar-refractivity contribution >= 4 is 0 Å². The van der Waals surface area contributed by atoms with Crippen LogP contribution in [-0.4, -0.2) is 0 Å². The molecule has 0 rings (SSSR count). The second-order valence-electron chi connectivity index (χ2n) is 5.41. The Hall–Kier alpha value is -0.780. The second kappa shape index (κ2) is 15.3. The van der Waals surface area contributed by atoms with Crippen molar-refractivity contribution in [3.05, 3.63) is 36.0 Å². The van der Waals surface area contributed by atoms with Crippen LogP contribution >= 0.6 is 0 Å². The van der Waals surface area contributed by atoms with Gasteiger partial charge in [0.15, 0.2) is 0 Å². The summed E-state index contributed by atoms with van der Waals surface area (Å²) in [4.78, 5) is 0. The lowest BCUT2D eigenvalue weighted by Crippen LogP contribution is -1.81. The minimum atomic E-state index is 1.11. The van der Waals surface area contributed by atoms with Gasteiger partial charge in [0.1, 0.15) is 0 Å². The predicted octanol–water partition coefficient (Wildman–Crippen LogP) is 6.99. The highest BCUT2D eigenvalue weighted by molar-refractivity contribution is 4.94. The zero-order valence-electron chi connectivity index (χ0n) is 13.5. The van der Waals surface area contributed by atoms with Crippen LogP contribution in [0.4, 0.5) is 0 Å². The average Bonchev–Trinajstić information content (AvgIpc) is 2.43. The first kappa shape index (κ1) is 18.2. The first-order valence-corrected chi connectivity index (χ1v) is 8.23. The lowest BCUT2D eigenvalue weighted by atomic mass is 10.1. The van der Waals surface area contributed by atoms with Crippen LogP contribution in [0.25, 0.3) is 0 Å². The molecule has 0 fully saturated rings. The molecule has 0 heteroatoms. The standard InChI is InChI=1S/C19H34/c1-4-6-7-8-9-10-11-12-13-14-15-16-17-18-19(3)5-2/h5,7-8,10-11H,4,6,9,12-18H2,1-3H3/b8-7-,11-10-,19-5+. The van der Waals surface area contributed by atoms with E-state index in [1.165, 1.54) is 57.8 Å². The topological polar surface area (TPSA) is 0 Å². The Balaban J connectivity index is 3.20. The summed E-state index contributed by atoms with van der Waals surface area (Å²) in [7, 11) is 0. The first-order valence-electron chi connectivity index (χ1n) is 8.23. The Bertz CT molecular complexity index is 255. The monoisotopic (exact) mass is 262 g/mol. The van der Waals surface area contributed by atoms with Crippen LogP contribution in [0.2, 0.25) is 0 Å². The Morgan fingerprint density at radius 2 is 1.42 bits per heavy atom. The van der Waals surface area contributed by atoms with Gasteiger partial charge in [0.25, 0.3) is 0 Å². The van der Waals surface area contributed by atoms with Crippen molar-refractivity contribution < 1.29 is 0 Å². The maximum atomic E-state index is 2.35.